The van der Waals surface area contributed by atoms with Crippen molar-refractivity contribution in [1.29, 1.82) is 0 Å². The Morgan fingerprint density at radius 2 is 2.21 bits per heavy atom. The summed E-state index contributed by atoms with van der Waals surface area (Å²) in [5, 5.41) is 9.93. The first-order chi connectivity index (χ1) is 9.08. The average Bonchev–Trinajstić information content (AvgIpc) is 2.41. The average molecular weight is 284 g/mol. The molecule has 0 saturated carbocycles. The van der Waals surface area contributed by atoms with Crippen molar-refractivity contribution >= 4 is 17.6 Å². The number of hydrogen-bond acceptors (Lipinski definition) is 3. The molecule has 19 heavy (non-hydrogen) atoms. The van der Waals surface area contributed by atoms with E-state index in [1.165, 1.54) is 0 Å². The molecule has 1 aromatic carbocycles. The zero-order valence-corrected chi connectivity index (χ0v) is 11.6. The van der Waals surface area contributed by atoms with Crippen LogP contribution in [0.4, 0.5) is 0 Å². The molecule has 1 saturated heterocycles. The van der Waals surface area contributed by atoms with Gasteiger partial charge in [-0.25, -0.2) is 0 Å². The predicted molar refractivity (Wildman–Crippen MR) is 73.6 cm³/mol. The number of nitrogens with zero attached hydrogens (tertiary/aromatic N) is 1. The minimum Gasteiger partial charge on any atom is -0.480 e. The molecular formula is C14H18ClNO3. The second-order valence-electron chi connectivity index (χ2n) is 4.85. The van der Waals surface area contributed by atoms with E-state index in [2.05, 4.69) is 6.92 Å². The van der Waals surface area contributed by atoms with Gasteiger partial charge in [0.05, 0.1) is 13.2 Å². The maximum Gasteiger partial charge on any atom is 0.323 e. The molecule has 1 N–H and O–H groups in total. The number of halogens is 1. The van der Waals surface area contributed by atoms with Crippen molar-refractivity contribution < 1.29 is 14.6 Å². The fourth-order valence-corrected chi connectivity index (χ4v) is 2.56. The fourth-order valence-electron chi connectivity index (χ4n) is 2.44. The lowest BCUT2D eigenvalue weighted by atomic mass is 10.0. The molecule has 1 fully saturated rings. The van der Waals surface area contributed by atoms with Crippen molar-refractivity contribution in [2.45, 2.75) is 25.4 Å². The first-order valence-electron chi connectivity index (χ1n) is 6.38. The van der Waals surface area contributed by atoms with Gasteiger partial charge >= 0.3 is 5.97 Å². The molecule has 0 aliphatic carbocycles. The summed E-state index contributed by atoms with van der Waals surface area (Å²) in [6, 6.07) is 7.29. The molecule has 0 bridgehead atoms. The molecule has 1 aliphatic rings. The quantitative estimate of drug-likeness (QED) is 0.919. The van der Waals surface area contributed by atoms with E-state index >= 15 is 0 Å². The second-order valence-corrected chi connectivity index (χ2v) is 5.28. The Kier molecular flexibility index (Phi) is 4.80. The maximum absolute atomic E-state index is 11.2. The van der Waals surface area contributed by atoms with Crippen LogP contribution in [0.15, 0.2) is 24.3 Å². The summed E-state index contributed by atoms with van der Waals surface area (Å²) < 4.78 is 5.25. The van der Waals surface area contributed by atoms with Crippen molar-refractivity contribution in [1.82, 2.24) is 4.90 Å². The molecule has 2 unspecified atom stereocenters. The number of morpholine rings is 1. The topological polar surface area (TPSA) is 49.8 Å². The summed E-state index contributed by atoms with van der Waals surface area (Å²) in [5.74, 6) is -0.817. The predicted octanol–water partition coefficient (Wildman–Crippen LogP) is 2.06. The minimum absolute atomic E-state index is 0.158. The zero-order chi connectivity index (χ0) is 13.8. The Hall–Kier alpha value is -1.10. The normalized spacial score (nSPS) is 22.1. The lowest BCUT2D eigenvalue weighted by molar-refractivity contribution is -0.151. The third-order valence-corrected chi connectivity index (χ3v) is 3.72. The van der Waals surface area contributed by atoms with Crippen LogP contribution >= 0.6 is 11.6 Å². The van der Waals surface area contributed by atoms with Crippen molar-refractivity contribution in [3.05, 3.63) is 34.9 Å². The van der Waals surface area contributed by atoms with Gasteiger partial charge in [0.1, 0.15) is 6.04 Å². The Balaban J connectivity index is 2.03. The summed E-state index contributed by atoms with van der Waals surface area (Å²) in [6.45, 7) is 3.57. The molecule has 0 radical (unpaired) electrons. The van der Waals surface area contributed by atoms with Crippen LogP contribution in [0.5, 0.6) is 0 Å². The van der Waals surface area contributed by atoms with E-state index in [0.29, 0.717) is 18.2 Å². The van der Waals surface area contributed by atoms with Crippen molar-refractivity contribution in [2.24, 2.45) is 0 Å². The Bertz CT molecular complexity index is 435. The van der Waals surface area contributed by atoms with Crippen LogP contribution in [0, 0.1) is 0 Å². The molecule has 1 heterocycles. The molecule has 104 valence electrons. The maximum atomic E-state index is 11.2. The van der Waals surface area contributed by atoms with E-state index in [9.17, 15) is 9.90 Å². The lowest BCUT2D eigenvalue weighted by Gasteiger charge is -2.37. The number of carbonyl (C=O) groups is 1. The fraction of sp³-hybridized carbons (Fsp3) is 0.500. The molecule has 0 spiro atoms. The molecule has 2 atom stereocenters. The van der Waals surface area contributed by atoms with Crippen LogP contribution < -0.4 is 0 Å². The number of carboxylic acids is 1. The number of hydrogen-bond donors (Lipinski definition) is 1. The van der Waals surface area contributed by atoms with Crippen LogP contribution in [-0.2, 0) is 16.0 Å². The van der Waals surface area contributed by atoms with Gasteiger partial charge in [-0.2, -0.15) is 0 Å². The molecule has 4 nitrogen and oxygen atoms in total. The molecule has 1 aliphatic heterocycles. The Morgan fingerprint density at radius 3 is 2.84 bits per heavy atom. The molecular weight excluding hydrogens is 266 g/mol. The van der Waals surface area contributed by atoms with Gasteiger partial charge in [-0.3, -0.25) is 9.69 Å². The zero-order valence-electron chi connectivity index (χ0n) is 10.9. The van der Waals surface area contributed by atoms with Crippen LogP contribution in [0.2, 0.25) is 5.02 Å². The van der Waals surface area contributed by atoms with E-state index in [4.69, 9.17) is 16.3 Å². The van der Waals surface area contributed by atoms with Gasteiger partial charge in [0.15, 0.2) is 0 Å². The minimum atomic E-state index is -0.817. The highest BCUT2D eigenvalue weighted by Crippen LogP contribution is 2.17. The third-order valence-electron chi connectivity index (χ3n) is 3.47. The van der Waals surface area contributed by atoms with Crippen LogP contribution in [0.3, 0.4) is 0 Å². The standard InChI is InChI=1S/C14H18ClNO3/c1-10(8-11-2-4-12(15)5-3-11)16-6-7-19-9-13(16)14(17)18/h2-5,10,13H,6-9H2,1H3,(H,17,18). The SMILES string of the molecule is CC(Cc1ccc(Cl)cc1)N1CCOCC1C(=O)O. The number of ether oxygens (including phenoxy) is 1. The summed E-state index contributed by atoms with van der Waals surface area (Å²) in [5.41, 5.74) is 1.16. The smallest absolute Gasteiger partial charge is 0.323 e. The highest BCUT2D eigenvalue weighted by Gasteiger charge is 2.32. The summed E-state index contributed by atoms with van der Waals surface area (Å²) >= 11 is 5.86. The highest BCUT2D eigenvalue weighted by molar-refractivity contribution is 6.30. The molecule has 2 rings (SSSR count). The summed E-state index contributed by atoms with van der Waals surface area (Å²) in [4.78, 5) is 13.2. The van der Waals surface area contributed by atoms with Crippen LogP contribution in [0.1, 0.15) is 12.5 Å². The third kappa shape index (κ3) is 3.69. The van der Waals surface area contributed by atoms with E-state index in [1.54, 1.807) is 0 Å². The molecule has 0 amide bonds. The first-order valence-corrected chi connectivity index (χ1v) is 6.76. The largest absolute Gasteiger partial charge is 0.480 e. The van der Waals surface area contributed by atoms with Gasteiger partial charge in [0, 0.05) is 17.6 Å². The number of aliphatic carboxylic acids is 1. The number of carboxylic acid groups (broad SMARTS) is 1. The molecule has 1 aromatic rings. The van der Waals surface area contributed by atoms with E-state index in [-0.39, 0.29) is 12.6 Å². The van der Waals surface area contributed by atoms with Gasteiger partial charge in [-0.1, -0.05) is 23.7 Å². The Morgan fingerprint density at radius 1 is 1.53 bits per heavy atom. The molecule has 0 aromatic heterocycles. The van der Waals surface area contributed by atoms with Gasteiger partial charge < -0.3 is 9.84 Å². The summed E-state index contributed by atoms with van der Waals surface area (Å²) in [7, 11) is 0. The molecule has 5 heteroatoms. The van der Waals surface area contributed by atoms with E-state index < -0.39 is 12.0 Å². The van der Waals surface area contributed by atoms with Gasteiger partial charge in [-0.15, -0.1) is 0 Å². The first kappa shape index (κ1) is 14.3. The number of benzene rings is 1. The van der Waals surface area contributed by atoms with Gasteiger partial charge in [-0.05, 0) is 31.0 Å². The van der Waals surface area contributed by atoms with Crippen molar-refractivity contribution in [3.8, 4) is 0 Å². The highest BCUT2D eigenvalue weighted by atomic mass is 35.5. The number of rotatable bonds is 4. The summed E-state index contributed by atoms with van der Waals surface area (Å²) in [6.07, 6.45) is 0.806. The lowest BCUT2D eigenvalue weighted by Crippen LogP contribution is -2.54. The van der Waals surface area contributed by atoms with Crippen LogP contribution in [0.25, 0.3) is 0 Å². The van der Waals surface area contributed by atoms with Crippen molar-refractivity contribution in [2.75, 3.05) is 19.8 Å². The van der Waals surface area contributed by atoms with Gasteiger partial charge in [0.2, 0.25) is 0 Å². The second kappa shape index (κ2) is 6.37. The Labute approximate surface area is 117 Å². The van der Waals surface area contributed by atoms with Crippen LogP contribution in [-0.4, -0.2) is 47.8 Å². The monoisotopic (exact) mass is 283 g/mol. The van der Waals surface area contributed by atoms with E-state index in [1.807, 2.05) is 29.2 Å². The van der Waals surface area contributed by atoms with E-state index in [0.717, 1.165) is 12.0 Å². The van der Waals surface area contributed by atoms with Gasteiger partial charge in [0.25, 0.3) is 0 Å². The van der Waals surface area contributed by atoms with Crippen molar-refractivity contribution in [3.63, 3.8) is 0 Å².